The number of hydrogen-bond acceptors (Lipinski definition) is 2. The van der Waals surface area contributed by atoms with Crippen molar-refractivity contribution in [2.45, 2.75) is 71.6 Å². The van der Waals surface area contributed by atoms with Crippen LogP contribution in [0.15, 0.2) is 66.7 Å². The minimum atomic E-state index is -0.359. The van der Waals surface area contributed by atoms with Gasteiger partial charge in [-0.3, -0.25) is 0 Å². The molecule has 3 aromatic carbocycles. The van der Waals surface area contributed by atoms with Gasteiger partial charge in [-0.05, 0) is 68.7 Å². The predicted molar refractivity (Wildman–Crippen MR) is 155 cm³/mol. The number of rotatable bonds is 9. The molecule has 0 bridgehead atoms. The molecule has 1 aliphatic carbocycles. The summed E-state index contributed by atoms with van der Waals surface area (Å²) >= 11 is 0. The van der Waals surface area contributed by atoms with Crippen LogP contribution < -0.4 is 5.32 Å². The van der Waals surface area contributed by atoms with Crippen LogP contribution in [0.25, 0.3) is 17.2 Å². The van der Waals surface area contributed by atoms with Crippen LogP contribution in [0.1, 0.15) is 105 Å². The molecule has 0 spiro atoms. The molecule has 0 saturated carbocycles. The Kier molecular flexibility index (Phi) is 8.53. The maximum Gasteiger partial charge on any atom is 0.407 e. The molecule has 0 aromatic heterocycles. The lowest BCUT2D eigenvalue weighted by Gasteiger charge is -2.21. The molecule has 0 heterocycles. The van der Waals surface area contributed by atoms with Crippen LogP contribution in [-0.2, 0) is 4.74 Å². The van der Waals surface area contributed by atoms with Crippen molar-refractivity contribution in [3.8, 4) is 11.1 Å². The third-order valence-corrected chi connectivity index (χ3v) is 7.39. The van der Waals surface area contributed by atoms with Crippen molar-refractivity contribution in [3.05, 3.63) is 100 Å². The van der Waals surface area contributed by atoms with E-state index < -0.39 is 0 Å². The van der Waals surface area contributed by atoms with E-state index in [9.17, 15) is 4.79 Å². The summed E-state index contributed by atoms with van der Waals surface area (Å²) in [4.78, 5) is 12.5. The number of fused-ring (bicyclic) bond motifs is 3. The van der Waals surface area contributed by atoms with E-state index in [2.05, 4.69) is 120 Å². The molecule has 3 nitrogen and oxygen atoms in total. The predicted octanol–water partition coefficient (Wildman–Crippen LogP) is 9.00. The first-order valence-corrected chi connectivity index (χ1v) is 13.7. The minimum Gasteiger partial charge on any atom is -0.449 e. The fourth-order valence-electron chi connectivity index (χ4n) is 5.31. The number of carbonyl (C=O) groups is 1. The Labute approximate surface area is 223 Å². The Morgan fingerprint density at radius 2 is 1.38 bits per heavy atom. The van der Waals surface area contributed by atoms with Crippen LogP contribution in [-0.4, -0.2) is 19.2 Å². The molecule has 1 aliphatic rings. The minimum absolute atomic E-state index is 0.0794. The molecule has 0 aliphatic heterocycles. The van der Waals surface area contributed by atoms with Gasteiger partial charge in [0.25, 0.3) is 0 Å². The van der Waals surface area contributed by atoms with Gasteiger partial charge < -0.3 is 10.1 Å². The number of benzene rings is 3. The smallest absolute Gasteiger partial charge is 0.407 e. The second-order valence-corrected chi connectivity index (χ2v) is 11.0. The Morgan fingerprint density at radius 3 is 1.89 bits per heavy atom. The molecule has 194 valence electrons. The van der Waals surface area contributed by atoms with Gasteiger partial charge in [0.05, 0.1) is 0 Å². The lowest BCUT2D eigenvalue weighted by Crippen LogP contribution is -2.26. The fraction of sp³-hybridized carbons (Fsp3) is 0.382. The van der Waals surface area contributed by atoms with Crippen molar-refractivity contribution in [2.75, 3.05) is 13.2 Å². The van der Waals surface area contributed by atoms with E-state index in [0.29, 0.717) is 30.9 Å². The summed E-state index contributed by atoms with van der Waals surface area (Å²) in [7, 11) is 0. The number of alkyl carbamates (subject to hydrolysis) is 1. The van der Waals surface area contributed by atoms with Crippen molar-refractivity contribution in [1.29, 1.82) is 0 Å². The normalized spacial score (nSPS) is 13.0. The van der Waals surface area contributed by atoms with Crippen molar-refractivity contribution in [3.63, 3.8) is 0 Å². The molecule has 37 heavy (non-hydrogen) atoms. The van der Waals surface area contributed by atoms with Crippen molar-refractivity contribution in [1.82, 2.24) is 5.32 Å². The summed E-state index contributed by atoms with van der Waals surface area (Å²) in [6, 6.07) is 21.5. The lowest BCUT2D eigenvalue weighted by atomic mass is 9.84. The van der Waals surface area contributed by atoms with Crippen LogP contribution in [0.5, 0.6) is 0 Å². The quantitative estimate of drug-likeness (QED) is 0.301. The molecular formula is C34H41NO2. The van der Waals surface area contributed by atoms with E-state index in [4.69, 9.17) is 4.74 Å². The number of nitrogens with one attached hydrogen (secondary N) is 1. The average Bonchev–Trinajstić information content (AvgIpc) is 3.20. The summed E-state index contributed by atoms with van der Waals surface area (Å²) < 4.78 is 5.67. The van der Waals surface area contributed by atoms with E-state index >= 15 is 0 Å². The average molecular weight is 496 g/mol. The Hall–Kier alpha value is -3.33. The van der Waals surface area contributed by atoms with E-state index in [1.54, 1.807) is 0 Å². The Morgan fingerprint density at radius 1 is 0.838 bits per heavy atom. The molecule has 1 N–H and O–H groups in total. The van der Waals surface area contributed by atoms with E-state index in [1.807, 2.05) is 0 Å². The van der Waals surface area contributed by atoms with Gasteiger partial charge in [0, 0.05) is 12.5 Å². The number of amides is 1. The first-order chi connectivity index (χ1) is 17.8. The Bertz CT molecular complexity index is 1190. The zero-order valence-electron chi connectivity index (χ0n) is 23.2. The molecule has 0 fully saturated rings. The Balaban J connectivity index is 1.35. The maximum atomic E-state index is 12.5. The van der Waals surface area contributed by atoms with Crippen LogP contribution >= 0.6 is 0 Å². The molecule has 1 amide bonds. The van der Waals surface area contributed by atoms with Gasteiger partial charge in [-0.1, -0.05) is 114 Å². The monoisotopic (exact) mass is 495 g/mol. The molecular weight excluding hydrogens is 454 g/mol. The van der Waals surface area contributed by atoms with Gasteiger partial charge in [0.1, 0.15) is 6.61 Å². The molecule has 4 rings (SSSR count). The van der Waals surface area contributed by atoms with Gasteiger partial charge in [0.2, 0.25) is 0 Å². The highest BCUT2D eigenvalue weighted by Gasteiger charge is 2.28. The molecule has 0 saturated heterocycles. The van der Waals surface area contributed by atoms with Gasteiger partial charge in [-0.25, -0.2) is 4.79 Å². The van der Waals surface area contributed by atoms with Crippen LogP contribution in [0.2, 0.25) is 0 Å². The van der Waals surface area contributed by atoms with Crippen LogP contribution in [0, 0.1) is 0 Å². The number of hydrogen-bond donors (Lipinski definition) is 1. The summed E-state index contributed by atoms with van der Waals surface area (Å²) in [6.07, 6.45) is 4.81. The third kappa shape index (κ3) is 5.98. The van der Waals surface area contributed by atoms with Crippen LogP contribution in [0.4, 0.5) is 4.79 Å². The molecule has 3 heteroatoms. The van der Waals surface area contributed by atoms with E-state index in [0.717, 1.165) is 6.42 Å². The van der Waals surface area contributed by atoms with Gasteiger partial charge in [-0.2, -0.15) is 0 Å². The molecule has 0 atom stereocenters. The highest BCUT2D eigenvalue weighted by molar-refractivity contribution is 5.79. The highest BCUT2D eigenvalue weighted by Crippen LogP contribution is 2.44. The topological polar surface area (TPSA) is 38.3 Å². The number of carbonyl (C=O) groups excluding carboxylic acids is 1. The van der Waals surface area contributed by atoms with E-state index in [1.165, 1.54) is 44.5 Å². The summed E-state index contributed by atoms with van der Waals surface area (Å²) in [6.45, 7) is 14.5. The standard InChI is InChI=1S/C34H41NO2/c1-22(2)25-19-31(23(3)4)30(32(20-25)24(5)6)17-11-12-18-35-34(36)37-21-33-28-15-9-7-13-26(28)27-14-8-10-16-29(27)33/h7-11,13-17,19-20,22-24,33H,12,18,21H2,1-6H3,(H,35,36). The molecule has 0 radical (unpaired) electrons. The van der Waals surface area contributed by atoms with Crippen molar-refractivity contribution >= 4 is 12.2 Å². The summed E-state index contributed by atoms with van der Waals surface area (Å²) in [5, 5.41) is 2.93. The maximum absolute atomic E-state index is 12.5. The molecule has 3 aromatic rings. The van der Waals surface area contributed by atoms with Gasteiger partial charge in [0.15, 0.2) is 0 Å². The van der Waals surface area contributed by atoms with Gasteiger partial charge >= 0.3 is 6.09 Å². The van der Waals surface area contributed by atoms with Crippen LogP contribution in [0.3, 0.4) is 0 Å². The van der Waals surface area contributed by atoms with Gasteiger partial charge in [-0.15, -0.1) is 0 Å². The highest BCUT2D eigenvalue weighted by atomic mass is 16.5. The molecule has 0 unspecified atom stereocenters. The third-order valence-electron chi connectivity index (χ3n) is 7.39. The first kappa shape index (κ1) is 26.7. The first-order valence-electron chi connectivity index (χ1n) is 13.7. The zero-order chi connectivity index (χ0) is 26.5. The second-order valence-electron chi connectivity index (χ2n) is 11.0. The number of ether oxygens (including phenoxy) is 1. The van der Waals surface area contributed by atoms with E-state index in [-0.39, 0.29) is 12.0 Å². The van der Waals surface area contributed by atoms with Crippen molar-refractivity contribution < 1.29 is 9.53 Å². The van der Waals surface area contributed by atoms with Crippen molar-refractivity contribution in [2.24, 2.45) is 0 Å². The summed E-state index contributed by atoms with van der Waals surface area (Å²) in [5.41, 5.74) is 10.5. The second kappa shape index (κ2) is 11.8. The fourth-order valence-corrected chi connectivity index (χ4v) is 5.31. The largest absolute Gasteiger partial charge is 0.449 e. The zero-order valence-corrected chi connectivity index (χ0v) is 23.2. The summed E-state index contributed by atoms with van der Waals surface area (Å²) in [5.74, 6) is 1.50. The lowest BCUT2D eigenvalue weighted by molar-refractivity contribution is 0.143. The SMILES string of the molecule is CC(C)c1cc(C(C)C)c(C=CCCNC(=O)OCC2c3ccccc3-c3ccccc32)c(C(C)C)c1.